The monoisotopic (exact) mass is 346 g/mol. The SMILES string of the molecule is COc1ccc(Cl)c(Br)c1I. The van der Waals surface area contributed by atoms with Crippen molar-refractivity contribution in [3.63, 3.8) is 0 Å². The Balaban J connectivity index is 3.25. The summed E-state index contributed by atoms with van der Waals surface area (Å²) in [6.07, 6.45) is 0. The Kier molecular flexibility index (Phi) is 3.46. The lowest BCUT2D eigenvalue weighted by Gasteiger charge is -2.05. The van der Waals surface area contributed by atoms with E-state index in [9.17, 15) is 0 Å². The highest BCUT2D eigenvalue weighted by atomic mass is 127. The van der Waals surface area contributed by atoms with Crippen molar-refractivity contribution >= 4 is 50.1 Å². The fourth-order valence-electron chi connectivity index (χ4n) is 0.666. The number of hydrogen-bond donors (Lipinski definition) is 0. The van der Waals surface area contributed by atoms with Gasteiger partial charge in [-0.05, 0) is 50.7 Å². The van der Waals surface area contributed by atoms with E-state index in [1.165, 1.54) is 0 Å². The second kappa shape index (κ2) is 3.96. The molecule has 0 N–H and O–H groups in total. The molecule has 60 valence electrons. The van der Waals surface area contributed by atoms with E-state index in [-0.39, 0.29) is 0 Å². The van der Waals surface area contributed by atoms with Crippen molar-refractivity contribution in [2.75, 3.05) is 7.11 Å². The predicted octanol–water partition coefficient (Wildman–Crippen LogP) is 3.72. The minimum Gasteiger partial charge on any atom is -0.496 e. The largest absolute Gasteiger partial charge is 0.496 e. The molecule has 1 nitrogen and oxygen atoms in total. The third kappa shape index (κ3) is 2.00. The number of hydrogen-bond acceptors (Lipinski definition) is 1. The molecule has 0 aliphatic carbocycles. The first kappa shape index (κ1) is 9.61. The third-order valence-corrected chi connectivity index (χ3v) is 4.40. The van der Waals surface area contributed by atoms with Gasteiger partial charge >= 0.3 is 0 Å². The van der Waals surface area contributed by atoms with Crippen LogP contribution in [0.5, 0.6) is 5.75 Å². The van der Waals surface area contributed by atoms with E-state index >= 15 is 0 Å². The molecule has 11 heavy (non-hydrogen) atoms. The van der Waals surface area contributed by atoms with E-state index in [1.807, 2.05) is 6.07 Å². The molecule has 0 aliphatic rings. The summed E-state index contributed by atoms with van der Waals surface area (Å²) < 4.78 is 6.97. The number of methoxy groups -OCH3 is 1. The normalized spacial score (nSPS) is 9.82. The van der Waals surface area contributed by atoms with Crippen molar-refractivity contribution < 1.29 is 4.74 Å². The van der Waals surface area contributed by atoms with Gasteiger partial charge in [0.05, 0.1) is 20.2 Å². The van der Waals surface area contributed by atoms with Crippen LogP contribution in [0.3, 0.4) is 0 Å². The fourth-order valence-corrected chi connectivity index (χ4v) is 2.00. The highest BCUT2D eigenvalue weighted by Crippen LogP contribution is 2.33. The molecule has 0 heterocycles. The summed E-state index contributed by atoms with van der Waals surface area (Å²) >= 11 is 11.4. The summed E-state index contributed by atoms with van der Waals surface area (Å²) in [5.74, 6) is 0.835. The highest BCUT2D eigenvalue weighted by molar-refractivity contribution is 14.1. The molecule has 4 heteroatoms. The Morgan fingerprint density at radius 3 is 2.73 bits per heavy atom. The van der Waals surface area contributed by atoms with E-state index in [4.69, 9.17) is 16.3 Å². The molecule has 1 aromatic carbocycles. The van der Waals surface area contributed by atoms with Crippen molar-refractivity contribution in [3.8, 4) is 5.75 Å². The van der Waals surface area contributed by atoms with Crippen LogP contribution in [0.1, 0.15) is 0 Å². The molecule has 0 radical (unpaired) electrons. The van der Waals surface area contributed by atoms with Crippen LogP contribution in [0.25, 0.3) is 0 Å². The van der Waals surface area contributed by atoms with Crippen molar-refractivity contribution in [1.82, 2.24) is 0 Å². The van der Waals surface area contributed by atoms with Gasteiger partial charge in [0.15, 0.2) is 0 Å². The van der Waals surface area contributed by atoms with E-state index in [0.717, 1.165) is 13.8 Å². The van der Waals surface area contributed by atoms with Gasteiger partial charge in [-0.3, -0.25) is 0 Å². The predicted molar refractivity (Wildman–Crippen MR) is 58.4 cm³/mol. The quantitative estimate of drug-likeness (QED) is 0.556. The molecule has 0 aromatic heterocycles. The Morgan fingerprint density at radius 1 is 1.55 bits per heavy atom. The van der Waals surface area contributed by atoms with Gasteiger partial charge < -0.3 is 4.74 Å². The number of benzene rings is 1. The first-order chi connectivity index (χ1) is 5.16. The van der Waals surface area contributed by atoms with Crippen LogP contribution in [-0.2, 0) is 0 Å². The van der Waals surface area contributed by atoms with Crippen LogP contribution in [0.4, 0.5) is 0 Å². The summed E-state index contributed by atoms with van der Waals surface area (Å²) in [6, 6.07) is 3.64. The first-order valence-electron chi connectivity index (χ1n) is 2.84. The Morgan fingerprint density at radius 2 is 2.18 bits per heavy atom. The van der Waals surface area contributed by atoms with Crippen LogP contribution < -0.4 is 4.74 Å². The smallest absolute Gasteiger partial charge is 0.133 e. The molecule has 0 spiro atoms. The molecule has 0 amide bonds. The molecule has 0 saturated carbocycles. The van der Waals surface area contributed by atoms with Gasteiger partial charge in [-0.2, -0.15) is 0 Å². The second-order valence-electron chi connectivity index (χ2n) is 1.88. The first-order valence-corrected chi connectivity index (χ1v) is 5.09. The summed E-state index contributed by atoms with van der Waals surface area (Å²) in [4.78, 5) is 0. The van der Waals surface area contributed by atoms with E-state index in [1.54, 1.807) is 13.2 Å². The lowest BCUT2D eigenvalue weighted by atomic mass is 10.3. The number of halogens is 3. The Hall–Kier alpha value is 0.520. The average molecular weight is 347 g/mol. The van der Waals surface area contributed by atoms with Crippen molar-refractivity contribution in [2.45, 2.75) is 0 Å². The van der Waals surface area contributed by atoms with Crippen LogP contribution in [-0.4, -0.2) is 7.11 Å². The maximum Gasteiger partial charge on any atom is 0.133 e. The molecule has 0 fully saturated rings. The lowest BCUT2D eigenvalue weighted by Crippen LogP contribution is -1.87. The molecule has 0 atom stereocenters. The molecule has 1 rings (SSSR count). The van der Waals surface area contributed by atoms with Crippen LogP contribution in [0, 0.1) is 3.57 Å². The molecule has 0 saturated heterocycles. The second-order valence-corrected chi connectivity index (χ2v) is 4.16. The molecule has 1 aromatic rings. The topological polar surface area (TPSA) is 9.23 Å². The maximum atomic E-state index is 5.84. The zero-order valence-electron chi connectivity index (χ0n) is 5.70. The van der Waals surface area contributed by atoms with Gasteiger partial charge in [-0.25, -0.2) is 0 Å². The van der Waals surface area contributed by atoms with Crippen molar-refractivity contribution in [1.29, 1.82) is 0 Å². The average Bonchev–Trinajstić information content (AvgIpc) is 2.01. The molecule has 0 unspecified atom stereocenters. The van der Waals surface area contributed by atoms with E-state index in [0.29, 0.717) is 5.02 Å². The zero-order chi connectivity index (χ0) is 8.43. The summed E-state index contributed by atoms with van der Waals surface area (Å²) in [5, 5.41) is 0.704. The van der Waals surface area contributed by atoms with Crippen LogP contribution >= 0.6 is 50.1 Å². The zero-order valence-corrected chi connectivity index (χ0v) is 10.2. The van der Waals surface area contributed by atoms with Crippen LogP contribution in [0.2, 0.25) is 5.02 Å². The summed E-state index contributed by atoms with van der Waals surface area (Å²) in [5.41, 5.74) is 0. The van der Waals surface area contributed by atoms with Gasteiger partial charge in [-0.1, -0.05) is 11.6 Å². The molecule has 0 bridgehead atoms. The Bertz CT molecular complexity index is 277. The van der Waals surface area contributed by atoms with Gasteiger partial charge in [0, 0.05) is 0 Å². The lowest BCUT2D eigenvalue weighted by molar-refractivity contribution is 0.411. The van der Waals surface area contributed by atoms with Crippen molar-refractivity contribution in [2.24, 2.45) is 0 Å². The molecular weight excluding hydrogens is 342 g/mol. The molecule has 0 aliphatic heterocycles. The minimum atomic E-state index is 0.704. The maximum absolute atomic E-state index is 5.84. The molecular formula is C7H5BrClIO. The van der Waals surface area contributed by atoms with Crippen LogP contribution in [0.15, 0.2) is 16.6 Å². The van der Waals surface area contributed by atoms with Crippen molar-refractivity contribution in [3.05, 3.63) is 25.2 Å². The minimum absolute atomic E-state index is 0.704. The summed E-state index contributed by atoms with van der Waals surface area (Å²) in [6.45, 7) is 0. The Labute approximate surface area is 92.3 Å². The van der Waals surface area contributed by atoms with Gasteiger partial charge in [0.25, 0.3) is 0 Å². The third-order valence-electron chi connectivity index (χ3n) is 1.22. The van der Waals surface area contributed by atoms with Gasteiger partial charge in [0.2, 0.25) is 0 Å². The fraction of sp³-hybridized carbons (Fsp3) is 0.143. The standard InChI is InChI=1S/C7H5BrClIO/c1-11-5-3-2-4(9)6(8)7(5)10/h2-3H,1H3. The van der Waals surface area contributed by atoms with Gasteiger partial charge in [0.1, 0.15) is 5.75 Å². The van der Waals surface area contributed by atoms with Gasteiger partial charge in [-0.15, -0.1) is 0 Å². The number of rotatable bonds is 1. The highest BCUT2D eigenvalue weighted by Gasteiger charge is 2.06. The summed E-state index contributed by atoms with van der Waals surface area (Å²) in [7, 11) is 1.64. The van der Waals surface area contributed by atoms with E-state index in [2.05, 4.69) is 38.5 Å². The number of ether oxygens (including phenoxy) is 1. The van der Waals surface area contributed by atoms with E-state index < -0.39 is 0 Å².